The monoisotopic (exact) mass is 379 g/mol. The number of benzene rings is 1. The van der Waals surface area contributed by atoms with Crippen LogP contribution < -0.4 is 10.6 Å². The lowest BCUT2D eigenvalue weighted by atomic mass is 10.2. The smallest absolute Gasteiger partial charge is 0.258 e. The van der Waals surface area contributed by atoms with Gasteiger partial charge in [0.05, 0.1) is 0 Å². The molecule has 0 bridgehead atoms. The fourth-order valence-corrected chi connectivity index (χ4v) is 2.60. The van der Waals surface area contributed by atoms with Crippen molar-refractivity contribution in [1.82, 2.24) is 15.1 Å². The molecule has 3 rings (SSSR count). The van der Waals surface area contributed by atoms with Crippen LogP contribution in [-0.2, 0) is 11.3 Å². The Kier molecular flexibility index (Phi) is 6.37. The molecule has 146 valence electrons. The van der Waals surface area contributed by atoms with Gasteiger partial charge in [-0.2, -0.15) is 4.98 Å². The summed E-state index contributed by atoms with van der Waals surface area (Å²) in [4.78, 5) is 20.4. The molecule has 0 spiro atoms. The van der Waals surface area contributed by atoms with Crippen LogP contribution in [0.15, 0.2) is 47.1 Å². The van der Waals surface area contributed by atoms with Gasteiger partial charge in [-0.15, -0.1) is 0 Å². The molecule has 28 heavy (non-hydrogen) atoms. The first kappa shape index (κ1) is 19.5. The van der Waals surface area contributed by atoms with Gasteiger partial charge in [-0.05, 0) is 36.2 Å². The van der Waals surface area contributed by atoms with Crippen molar-refractivity contribution < 1.29 is 9.32 Å². The molecule has 2 heterocycles. The van der Waals surface area contributed by atoms with E-state index in [1.165, 1.54) is 0 Å². The summed E-state index contributed by atoms with van der Waals surface area (Å²) < 4.78 is 5.34. The first-order valence-corrected chi connectivity index (χ1v) is 9.48. The van der Waals surface area contributed by atoms with Crippen molar-refractivity contribution >= 4 is 17.4 Å². The number of anilines is 2. The number of hydrogen-bond acceptors (Lipinski definition) is 6. The summed E-state index contributed by atoms with van der Waals surface area (Å²) in [7, 11) is 0. The molecule has 0 radical (unpaired) electrons. The Morgan fingerprint density at radius 2 is 1.96 bits per heavy atom. The SMILES string of the molecule is CCCC(=O)Nc1ccc(CNc2cc(-c3nc(C(C)C)no3)ccn2)cc1. The topological polar surface area (TPSA) is 92.9 Å². The van der Waals surface area contributed by atoms with E-state index in [4.69, 9.17) is 4.52 Å². The number of nitrogens with one attached hydrogen (secondary N) is 2. The molecule has 2 aromatic heterocycles. The minimum atomic E-state index is 0.0380. The van der Waals surface area contributed by atoms with Crippen LogP contribution in [-0.4, -0.2) is 21.0 Å². The van der Waals surface area contributed by atoms with Crippen LogP contribution in [0, 0.1) is 0 Å². The zero-order chi connectivity index (χ0) is 19.9. The van der Waals surface area contributed by atoms with E-state index in [9.17, 15) is 4.79 Å². The second-order valence-electron chi connectivity index (χ2n) is 6.89. The third-order valence-corrected chi connectivity index (χ3v) is 4.15. The summed E-state index contributed by atoms with van der Waals surface area (Å²) in [5, 5.41) is 10.2. The van der Waals surface area contributed by atoms with Gasteiger partial charge in [-0.1, -0.05) is 38.1 Å². The van der Waals surface area contributed by atoms with Crippen LogP contribution in [0.4, 0.5) is 11.5 Å². The van der Waals surface area contributed by atoms with Crippen LogP contribution in [0.3, 0.4) is 0 Å². The third-order valence-electron chi connectivity index (χ3n) is 4.15. The summed E-state index contributed by atoms with van der Waals surface area (Å²) in [6.07, 6.45) is 3.08. The van der Waals surface area contributed by atoms with E-state index in [0.29, 0.717) is 24.7 Å². The van der Waals surface area contributed by atoms with Crippen molar-refractivity contribution in [3.05, 3.63) is 54.0 Å². The Bertz CT molecular complexity index is 919. The van der Waals surface area contributed by atoms with Crippen LogP contribution in [0.5, 0.6) is 0 Å². The van der Waals surface area contributed by atoms with Crippen LogP contribution in [0.1, 0.15) is 50.9 Å². The number of carbonyl (C=O) groups excluding carboxylic acids is 1. The van der Waals surface area contributed by atoms with E-state index in [1.54, 1.807) is 6.20 Å². The minimum absolute atomic E-state index is 0.0380. The van der Waals surface area contributed by atoms with Gasteiger partial charge in [0.25, 0.3) is 5.89 Å². The summed E-state index contributed by atoms with van der Waals surface area (Å²) in [5.41, 5.74) is 2.71. The van der Waals surface area contributed by atoms with Gasteiger partial charge in [0.2, 0.25) is 5.91 Å². The van der Waals surface area contributed by atoms with E-state index in [-0.39, 0.29) is 11.8 Å². The van der Waals surface area contributed by atoms with Crippen molar-refractivity contribution in [3.8, 4) is 11.5 Å². The number of rotatable bonds is 8. The zero-order valence-corrected chi connectivity index (χ0v) is 16.4. The maximum Gasteiger partial charge on any atom is 0.258 e. The molecule has 1 amide bonds. The van der Waals surface area contributed by atoms with Gasteiger partial charge in [-0.25, -0.2) is 4.98 Å². The molecule has 7 nitrogen and oxygen atoms in total. The second-order valence-corrected chi connectivity index (χ2v) is 6.89. The fraction of sp³-hybridized carbons (Fsp3) is 0.333. The molecule has 0 aliphatic carbocycles. The Balaban J connectivity index is 1.61. The Hall–Kier alpha value is -3.22. The first-order chi connectivity index (χ1) is 13.5. The highest BCUT2D eigenvalue weighted by atomic mass is 16.5. The third kappa shape index (κ3) is 5.16. The molecule has 0 saturated carbocycles. The highest BCUT2D eigenvalue weighted by Crippen LogP contribution is 2.22. The molecule has 0 unspecified atom stereocenters. The zero-order valence-electron chi connectivity index (χ0n) is 16.4. The molecule has 0 aliphatic rings. The second kappa shape index (κ2) is 9.12. The molecule has 3 aromatic rings. The van der Waals surface area contributed by atoms with Gasteiger partial charge in [0.15, 0.2) is 5.82 Å². The van der Waals surface area contributed by atoms with Crippen molar-refractivity contribution in [2.75, 3.05) is 10.6 Å². The number of amides is 1. The quantitative estimate of drug-likeness (QED) is 0.594. The molecule has 1 aromatic carbocycles. The highest BCUT2D eigenvalue weighted by Gasteiger charge is 2.12. The number of carbonyl (C=O) groups is 1. The average Bonchev–Trinajstić information content (AvgIpc) is 3.19. The molecule has 2 N–H and O–H groups in total. The van der Waals surface area contributed by atoms with Gasteiger partial charge in [0, 0.05) is 36.3 Å². The lowest BCUT2D eigenvalue weighted by Gasteiger charge is -2.08. The Morgan fingerprint density at radius 3 is 2.64 bits per heavy atom. The summed E-state index contributed by atoms with van der Waals surface area (Å²) in [6, 6.07) is 11.5. The molecule has 7 heteroatoms. The lowest BCUT2D eigenvalue weighted by Crippen LogP contribution is -2.10. The molecular weight excluding hydrogens is 354 g/mol. The average molecular weight is 379 g/mol. The van der Waals surface area contributed by atoms with E-state index in [1.807, 2.05) is 57.2 Å². The first-order valence-electron chi connectivity index (χ1n) is 9.48. The number of aromatic nitrogens is 3. The van der Waals surface area contributed by atoms with Crippen molar-refractivity contribution in [3.63, 3.8) is 0 Å². The van der Waals surface area contributed by atoms with Crippen molar-refractivity contribution in [2.45, 2.75) is 46.1 Å². The maximum atomic E-state index is 11.6. The van der Waals surface area contributed by atoms with E-state index in [0.717, 1.165) is 29.1 Å². The normalized spacial score (nSPS) is 10.9. The van der Waals surface area contributed by atoms with Gasteiger partial charge in [-0.3, -0.25) is 4.79 Å². The van der Waals surface area contributed by atoms with E-state index in [2.05, 4.69) is 25.8 Å². The van der Waals surface area contributed by atoms with Crippen molar-refractivity contribution in [1.29, 1.82) is 0 Å². The largest absolute Gasteiger partial charge is 0.366 e. The van der Waals surface area contributed by atoms with Crippen LogP contribution >= 0.6 is 0 Å². The van der Waals surface area contributed by atoms with Gasteiger partial charge >= 0.3 is 0 Å². The van der Waals surface area contributed by atoms with Crippen LogP contribution in [0.25, 0.3) is 11.5 Å². The summed E-state index contributed by atoms with van der Waals surface area (Å²) in [6.45, 7) is 6.64. The Labute approximate surface area is 164 Å². The van der Waals surface area contributed by atoms with Crippen LogP contribution in [0.2, 0.25) is 0 Å². The van der Waals surface area contributed by atoms with Crippen molar-refractivity contribution in [2.24, 2.45) is 0 Å². The van der Waals surface area contributed by atoms with Gasteiger partial charge in [0.1, 0.15) is 5.82 Å². The predicted octanol–water partition coefficient (Wildman–Crippen LogP) is 4.61. The predicted molar refractivity (Wildman–Crippen MR) is 109 cm³/mol. The molecule has 0 atom stereocenters. The molecule has 0 aliphatic heterocycles. The molecule has 0 fully saturated rings. The van der Waals surface area contributed by atoms with E-state index >= 15 is 0 Å². The molecule has 0 saturated heterocycles. The lowest BCUT2D eigenvalue weighted by molar-refractivity contribution is -0.116. The van der Waals surface area contributed by atoms with E-state index < -0.39 is 0 Å². The number of hydrogen-bond donors (Lipinski definition) is 2. The number of pyridine rings is 1. The Morgan fingerprint density at radius 1 is 1.18 bits per heavy atom. The summed E-state index contributed by atoms with van der Waals surface area (Å²) >= 11 is 0. The maximum absolute atomic E-state index is 11.6. The van der Waals surface area contributed by atoms with Gasteiger partial charge < -0.3 is 15.2 Å². The molecular formula is C21H25N5O2. The summed E-state index contributed by atoms with van der Waals surface area (Å²) in [5.74, 6) is 2.15. The highest BCUT2D eigenvalue weighted by molar-refractivity contribution is 5.90. The number of nitrogens with zero attached hydrogens (tertiary/aromatic N) is 3. The standard InChI is InChI=1S/C21H25N5O2/c1-4-5-19(27)24-17-8-6-15(7-9-17)13-23-18-12-16(10-11-22-18)21-25-20(14(2)3)26-28-21/h6-12,14H,4-5,13H2,1-3H3,(H,22,23)(H,24,27). The fourth-order valence-electron chi connectivity index (χ4n) is 2.60. The minimum Gasteiger partial charge on any atom is -0.366 e.